The molecule has 1 aliphatic rings. The molecule has 0 saturated heterocycles. The fourth-order valence-electron chi connectivity index (χ4n) is 3.13. The molecular weight excluding hydrogens is 374 g/mol. The van der Waals surface area contributed by atoms with Gasteiger partial charge in [0.1, 0.15) is 5.00 Å². The number of aryl methyl sites for hydroxylation is 1. The minimum Gasteiger partial charge on any atom is -0.465 e. The molecule has 0 aliphatic heterocycles. The number of ether oxygens (including phenoxy) is 1. The average molecular weight is 394 g/mol. The lowest BCUT2D eigenvalue weighted by atomic mass is 10.1. The van der Waals surface area contributed by atoms with Crippen LogP contribution in [0.1, 0.15) is 45.7 Å². The molecule has 3 rings (SSSR count). The lowest BCUT2D eigenvalue weighted by Crippen LogP contribution is -2.30. The van der Waals surface area contributed by atoms with Crippen molar-refractivity contribution in [2.75, 3.05) is 19.0 Å². The molecule has 0 fully saturated rings. The van der Waals surface area contributed by atoms with Crippen molar-refractivity contribution in [3.05, 3.63) is 51.4 Å². The first-order valence-electron chi connectivity index (χ1n) is 8.61. The Balaban J connectivity index is 1.64. The van der Waals surface area contributed by atoms with E-state index >= 15 is 0 Å². The van der Waals surface area contributed by atoms with Crippen LogP contribution in [0.4, 0.5) is 13.8 Å². The smallest absolute Gasteiger partial charge is 0.341 e. The van der Waals surface area contributed by atoms with Crippen LogP contribution in [0.25, 0.3) is 0 Å². The molecule has 1 amide bonds. The lowest BCUT2D eigenvalue weighted by Gasteiger charge is -2.14. The van der Waals surface area contributed by atoms with Gasteiger partial charge in [-0.3, -0.25) is 4.79 Å². The summed E-state index contributed by atoms with van der Waals surface area (Å²) < 4.78 is 31.2. The molecule has 0 radical (unpaired) electrons. The van der Waals surface area contributed by atoms with Crippen molar-refractivity contribution >= 4 is 28.2 Å². The lowest BCUT2D eigenvalue weighted by molar-refractivity contribution is -0.115. The number of amides is 1. The molecular formula is C19H20F2N2O3S. The summed E-state index contributed by atoms with van der Waals surface area (Å²) in [6.45, 7) is 1.71. The summed E-state index contributed by atoms with van der Waals surface area (Å²) in [6.07, 6.45) is 2.69. The van der Waals surface area contributed by atoms with Gasteiger partial charge in [0, 0.05) is 10.9 Å². The van der Waals surface area contributed by atoms with Gasteiger partial charge in [-0.2, -0.15) is 0 Å². The number of hydrogen-bond acceptors (Lipinski definition) is 5. The quantitative estimate of drug-likeness (QED) is 0.735. The molecule has 8 heteroatoms. The van der Waals surface area contributed by atoms with Gasteiger partial charge in [0.15, 0.2) is 11.6 Å². The van der Waals surface area contributed by atoms with Crippen LogP contribution < -0.4 is 10.6 Å². The summed E-state index contributed by atoms with van der Waals surface area (Å²) in [6, 6.07) is 3.27. The number of benzene rings is 1. The number of nitrogens with one attached hydrogen (secondary N) is 2. The number of halogens is 2. The molecule has 0 unspecified atom stereocenters. The van der Waals surface area contributed by atoms with E-state index in [2.05, 4.69) is 10.6 Å². The third-order valence-electron chi connectivity index (χ3n) is 4.58. The van der Waals surface area contributed by atoms with Crippen LogP contribution in [0.15, 0.2) is 18.2 Å². The van der Waals surface area contributed by atoms with E-state index in [-0.39, 0.29) is 18.5 Å². The fraction of sp³-hybridized carbons (Fsp3) is 0.368. The molecule has 5 nitrogen and oxygen atoms in total. The average Bonchev–Trinajstić information content (AvgIpc) is 3.22. The third kappa shape index (κ3) is 4.17. The third-order valence-corrected chi connectivity index (χ3v) is 5.78. The fourth-order valence-corrected chi connectivity index (χ4v) is 4.42. The number of rotatable bonds is 6. The first-order valence-corrected chi connectivity index (χ1v) is 9.43. The molecule has 2 aromatic rings. The highest BCUT2D eigenvalue weighted by molar-refractivity contribution is 7.17. The second-order valence-electron chi connectivity index (χ2n) is 6.38. The van der Waals surface area contributed by atoms with E-state index in [1.54, 1.807) is 6.92 Å². The van der Waals surface area contributed by atoms with Gasteiger partial charge in [0.25, 0.3) is 0 Å². The number of thiophene rings is 1. The molecule has 2 N–H and O–H groups in total. The van der Waals surface area contributed by atoms with E-state index < -0.39 is 17.6 Å². The Labute approximate surface area is 159 Å². The van der Waals surface area contributed by atoms with Crippen LogP contribution in [0.5, 0.6) is 0 Å². The number of carbonyl (C=O) groups excluding carboxylic acids is 2. The van der Waals surface area contributed by atoms with Crippen LogP contribution >= 0.6 is 11.3 Å². The van der Waals surface area contributed by atoms with E-state index in [0.29, 0.717) is 16.1 Å². The zero-order valence-electron chi connectivity index (χ0n) is 15.0. The summed E-state index contributed by atoms with van der Waals surface area (Å²) in [7, 11) is 1.32. The highest BCUT2D eigenvalue weighted by atomic mass is 32.1. The molecule has 1 heterocycles. The summed E-state index contributed by atoms with van der Waals surface area (Å²) in [4.78, 5) is 25.5. The Morgan fingerprint density at radius 2 is 2.04 bits per heavy atom. The highest BCUT2D eigenvalue weighted by Crippen LogP contribution is 2.39. The largest absolute Gasteiger partial charge is 0.465 e. The monoisotopic (exact) mass is 394 g/mol. The number of anilines is 1. The van der Waals surface area contributed by atoms with Crippen molar-refractivity contribution in [3.8, 4) is 0 Å². The zero-order chi connectivity index (χ0) is 19.6. The van der Waals surface area contributed by atoms with E-state index in [9.17, 15) is 18.4 Å². The first-order chi connectivity index (χ1) is 12.9. The minimum atomic E-state index is -0.929. The van der Waals surface area contributed by atoms with Crippen molar-refractivity contribution in [2.24, 2.45) is 0 Å². The second-order valence-corrected chi connectivity index (χ2v) is 7.48. The molecule has 0 saturated carbocycles. The first kappa shape index (κ1) is 19.4. The normalized spacial score (nSPS) is 13.9. The van der Waals surface area contributed by atoms with E-state index in [1.807, 2.05) is 0 Å². The van der Waals surface area contributed by atoms with Crippen LogP contribution in [0.2, 0.25) is 0 Å². The van der Waals surface area contributed by atoms with Gasteiger partial charge < -0.3 is 15.4 Å². The SMILES string of the molecule is COC(=O)c1c(NC(=O)CN[C@H](C)c2ccc(F)c(F)c2)sc2c1CCC2. The number of methoxy groups -OCH3 is 1. The molecule has 1 aromatic heterocycles. The van der Waals surface area contributed by atoms with Gasteiger partial charge >= 0.3 is 5.97 Å². The van der Waals surface area contributed by atoms with Crippen LogP contribution in [0, 0.1) is 11.6 Å². The Kier molecular flexibility index (Phi) is 5.86. The highest BCUT2D eigenvalue weighted by Gasteiger charge is 2.28. The van der Waals surface area contributed by atoms with Gasteiger partial charge in [0.05, 0.1) is 19.2 Å². The maximum atomic E-state index is 13.3. The van der Waals surface area contributed by atoms with Gasteiger partial charge in [-0.05, 0) is 49.4 Å². The molecule has 1 aliphatic carbocycles. The second kappa shape index (κ2) is 8.14. The predicted molar refractivity (Wildman–Crippen MR) is 99.1 cm³/mol. The number of hydrogen-bond donors (Lipinski definition) is 2. The van der Waals surface area contributed by atoms with Crippen molar-refractivity contribution in [1.82, 2.24) is 5.32 Å². The van der Waals surface area contributed by atoms with Crippen molar-refractivity contribution < 1.29 is 23.1 Å². The van der Waals surface area contributed by atoms with E-state index in [0.717, 1.165) is 41.8 Å². The summed E-state index contributed by atoms with van der Waals surface area (Å²) in [5.41, 5.74) is 1.94. The Morgan fingerprint density at radius 1 is 1.26 bits per heavy atom. The predicted octanol–water partition coefficient (Wildman–Crippen LogP) is 3.59. The Bertz CT molecular complexity index is 882. The van der Waals surface area contributed by atoms with Crippen molar-refractivity contribution in [1.29, 1.82) is 0 Å². The van der Waals surface area contributed by atoms with Gasteiger partial charge in [0.2, 0.25) is 5.91 Å². The molecule has 0 spiro atoms. The summed E-state index contributed by atoms with van der Waals surface area (Å²) in [5.74, 6) is -2.62. The molecule has 0 bridgehead atoms. The standard InChI is InChI=1S/C19H20F2N2O3S/c1-10(11-6-7-13(20)14(21)8-11)22-9-16(24)23-18-17(19(25)26-2)12-4-3-5-15(12)27-18/h6-8,10,22H,3-5,9H2,1-2H3,(H,23,24)/t10-/m1/s1. The van der Waals surface area contributed by atoms with E-state index in [1.165, 1.54) is 24.5 Å². The molecule has 1 atom stereocenters. The topological polar surface area (TPSA) is 67.4 Å². The number of carbonyl (C=O) groups is 2. The summed E-state index contributed by atoms with van der Waals surface area (Å²) in [5, 5.41) is 6.23. The van der Waals surface area contributed by atoms with Crippen LogP contribution in [0.3, 0.4) is 0 Å². The Hall–Kier alpha value is -2.32. The number of esters is 1. The van der Waals surface area contributed by atoms with Crippen molar-refractivity contribution in [2.45, 2.75) is 32.2 Å². The maximum Gasteiger partial charge on any atom is 0.341 e. The Morgan fingerprint density at radius 3 is 2.74 bits per heavy atom. The zero-order valence-corrected chi connectivity index (χ0v) is 15.8. The molecule has 144 valence electrons. The van der Waals surface area contributed by atoms with Crippen molar-refractivity contribution in [3.63, 3.8) is 0 Å². The van der Waals surface area contributed by atoms with Crippen LogP contribution in [-0.2, 0) is 22.4 Å². The number of fused-ring (bicyclic) bond motifs is 1. The van der Waals surface area contributed by atoms with Gasteiger partial charge in [-0.1, -0.05) is 6.07 Å². The maximum absolute atomic E-state index is 13.3. The van der Waals surface area contributed by atoms with E-state index in [4.69, 9.17) is 4.74 Å². The minimum absolute atomic E-state index is 0.0384. The molecule has 1 aromatic carbocycles. The summed E-state index contributed by atoms with van der Waals surface area (Å²) >= 11 is 1.40. The molecule has 27 heavy (non-hydrogen) atoms. The van der Waals surface area contributed by atoms with Gasteiger partial charge in [-0.25, -0.2) is 13.6 Å². The van der Waals surface area contributed by atoms with Crippen LogP contribution in [-0.4, -0.2) is 25.5 Å². The van der Waals surface area contributed by atoms with Gasteiger partial charge in [-0.15, -0.1) is 11.3 Å².